The van der Waals surface area contributed by atoms with Crippen LogP contribution in [0.2, 0.25) is 18.1 Å². The minimum atomic E-state index is -2.23. The lowest BCUT2D eigenvalue weighted by Crippen LogP contribution is -2.58. The molecule has 196 valence electrons. The molecule has 5 rings (SSSR count). The summed E-state index contributed by atoms with van der Waals surface area (Å²) in [7, 11) is -0.554. The molecular weight excluding hydrogens is 468 g/mol. The van der Waals surface area contributed by atoms with Gasteiger partial charge in [-0.2, -0.15) is 0 Å². The zero-order valence-corrected chi connectivity index (χ0v) is 24.0. The molecule has 2 saturated carbocycles. The maximum absolute atomic E-state index is 14.6. The molecule has 0 aromatic heterocycles. The molecule has 3 fully saturated rings. The summed E-state index contributed by atoms with van der Waals surface area (Å²) in [5.41, 5.74) is 0.467. The van der Waals surface area contributed by atoms with Crippen LogP contribution in [0.1, 0.15) is 70.4 Å². The third kappa shape index (κ3) is 3.36. The first-order chi connectivity index (χ1) is 16.8. The SMILES string of the molecule is C=C[C@@H]1CC[C@H]2[C@@H]3CCc4cc(OC)ccc4[C@@H]3[C@@]3(C(=O)[C@H](C)O[Si](C)(C)C(C)(C)C)C[C@@]12OC3=O. The molecule has 4 aliphatic rings. The molecule has 1 aliphatic heterocycles. The molecular formula is C30H42O5Si. The highest BCUT2D eigenvalue weighted by molar-refractivity contribution is 6.74. The molecule has 6 heteroatoms. The van der Waals surface area contributed by atoms with Gasteiger partial charge < -0.3 is 13.9 Å². The monoisotopic (exact) mass is 510 g/mol. The van der Waals surface area contributed by atoms with Gasteiger partial charge in [0.05, 0.1) is 7.11 Å². The van der Waals surface area contributed by atoms with Gasteiger partial charge in [-0.3, -0.25) is 9.59 Å². The van der Waals surface area contributed by atoms with Crippen LogP contribution in [0.15, 0.2) is 30.9 Å². The maximum Gasteiger partial charge on any atom is 0.321 e. The number of carbonyl (C=O) groups excluding carboxylic acids is 2. The fourth-order valence-corrected chi connectivity index (χ4v) is 9.21. The Hall–Kier alpha value is -1.92. The van der Waals surface area contributed by atoms with Crippen LogP contribution in [-0.4, -0.2) is 38.9 Å². The van der Waals surface area contributed by atoms with Crippen molar-refractivity contribution in [1.82, 2.24) is 0 Å². The van der Waals surface area contributed by atoms with Crippen LogP contribution in [0.25, 0.3) is 0 Å². The fourth-order valence-electron chi connectivity index (χ4n) is 7.86. The highest BCUT2D eigenvalue weighted by Gasteiger charge is 2.76. The minimum Gasteiger partial charge on any atom is -0.497 e. The summed E-state index contributed by atoms with van der Waals surface area (Å²) in [4.78, 5) is 28.7. The number of aryl methyl sites for hydroxylation is 1. The third-order valence-corrected chi connectivity index (χ3v) is 15.1. The predicted octanol–water partition coefficient (Wildman–Crippen LogP) is 6.22. The van der Waals surface area contributed by atoms with Crippen molar-refractivity contribution in [3.63, 3.8) is 0 Å². The van der Waals surface area contributed by atoms with E-state index in [9.17, 15) is 9.59 Å². The quantitative estimate of drug-likeness (QED) is 0.197. The molecule has 1 aromatic rings. The van der Waals surface area contributed by atoms with Gasteiger partial charge in [0.1, 0.15) is 22.9 Å². The number of Topliss-reactive ketones (excluding diaryl/α,β-unsaturated/α-hetero) is 1. The fraction of sp³-hybridized carbons (Fsp3) is 0.667. The first-order valence-electron chi connectivity index (χ1n) is 13.6. The van der Waals surface area contributed by atoms with Gasteiger partial charge in [-0.1, -0.05) is 32.9 Å². The van der Waals surface area contributed by atoms with Gasteiger partial charge in [0.25, 0.3) is 0 Å². The smallest absolute Gasteiger partial charge is 0.321 e. The van der Waals surface area contributed by atoms with Gasteiger partial charge in [-0.15, -0.1) is 6.58 Å². The van der Waals surface area contributed by atoms with Crippen molar-refractivity contribution >= 4 is 20.1 Å². The predicted molar refractivity (Wildman–Crippen MR) is 143 cm³/mol. The average Bonchev–Trinajstić information content (AvgIpc) is 3.31. The van der Waals surface area contributed by atoms with E-state index in [1.165, 1.54) is 5.56 Å². The van der Waals surface area contributed by atoms with Crippen molar-refractivity contribution in [3.05, 3.63) is 42.0 Å². The van der Waals surface area contributed by atoms with Crippen LogP contribution in [0.3, 0.4) is 0 Å². The molecule has 1 heterocycles. The Kier molecular flexibility index (Phi) is 5.92. The lowest BCUT2D eigenvalue weighted by atomic mass is 9.48. The Labute approximate surface area is 217 Å². The summed E-state index contributed by atoms with van der Waals surface area (Å²) in [6, 6.07) is 6.15. The Morgan fingerprint density at radius 3 is 2.61 bits per heavy atom. The Bertz CT molecular complexity index is 1100. The van der Waals surface area contributed by atoms with Crippen molar-refractivity contribution in [2.24, 2.45) is 23.2 Å². The maximum atomic E-state index is 14.6. The van der Waals surface area contributed by atoms with Crippen LogP contribution >= 0.6 is 0 Å². The zero-order chi connectivity index (χ0) is 26.3. The Balaban J connectivity index is 1.64. The minimum absolute atomic E-state index is 0.0375. The number of benzene rings is 1. The van der Waals surface area contributed by atoms with Crippen molar-refractivity contribution in [2.75, 3.05) is 7.11 Å². The second-order valence-corrected chi connectivity index (χ2v) is 17.9. The first kappa shape index (κ1) is 25.7. The molecule has 1 saturated heterocycles. The summed E-state index contributed by atoms with van der Waals surface area (Å²) in [6.07, 6.45) is 5.58. The Morgan fingerprint density at radius 1 is 1.25 bits per heavy atom. The highest BCUT2D eigenvalue weighted by Crippen LogP contribution is 2.70. The second kappa shape index (κ2) is 8.29. The van der Waals surface area contributed by atoms with Gasteiger partial charge in [0.2, 0.25) is 0 Å². The van der Waals surface area contributed by atoms with Crippen molar-refractivity contribution < 1.29 is 23.5 Å². The number of rotatable bonds is 6. The lowest BCUT2D eigenvalue weighted by molar-refractivity contribution is -0.159. The largest absolute Gasteiger partial charge is 0.497 e. The average molecular weight is 511 g/mol. The van der Waals surface area contributed by atoms with Crippen LogP contribution in [0.4, 0.5) is 0 Å². The molecule has 0 radical (unpaired) electrons. The molecule has 0 unspecified atom stereocenters. The van der Waals surface area contributed by atoms with Gasteiger partial charge >= 0.3 is 5.97 Å². The summed E-state index contributed by atoms with van der Waals surface area (Å²) in [5.74, 6) is 0.755. The van der Waals surface area contributed by atoms with Crippen LogP contribution in [0.5, 0.6) is 5.75 Å². The molecule has 0 N–H and O–H groups in total. The topological polar surface area (TPSA) is 61.8 Å². The number of hydrogen-bond donors (Lipinski definition) is 0. The van der Waals surface area contributed by atoms with Crippen molar-refractivity contribution in [2.45, 2.75) is 95.6 Å². The summed E-state index contributed by atoms with van der Waals surface area (Å²) >= 11 is 0. The highest BCUT2D eigenvalue weighted by atomic mass is 28.4. The van der Waals surface area contributed by atoms with E-state index < -0.39 is 25.4 Å². The molecule has 1 aromatic carbocycles. The molecule has 36 heavy (non-hydrogen) atoms. The number of esters is 1. The van der Waals surface area contributed by atoms with Gasteiger partial charge in [0, 0.05) is 24.2 Å². The van der Waals surface area contributed by atoms with Gasteiger partial charge in [0.15, 0.2) is 14.1 Å². The number of ketones is 1. The second-order valence-electron chi connectivity index (χ2n) is 13.1. The van der Waals surface area contributed by atoms with Crippen LogP contribution in [-0.2, 0) is 25.2 Å². The van der Waals surface area contributed by atoms with E-state index in [0.29, 0.717) is 6.42 Å². The summed E-state index contributed by atoms with van der Waals surface area (Å²) in [6.45, 7) is 16.8. The van der Waals surface area contributed by atoms with E-state index in [0.717, 1.165) is 37.0 Å². The van der Waals surface area contributed by atoms with Gasteiger partial charge in [-0.05, 0) is 79.9 Å². The van der Waals surface area contributed by atoms with E-state index in [1.807, 2.05) is 19.1 Å². The normalized spacial score (nSPS) is 35.8. The Morgan fingerprint density at radius 2 is 1.97 bits per heavy atom. The van der Waals surface area contributed by atoms with E-state index >= 15 is 0 Å². The number of carbonyl (C=O) groups is 2. The number of hydrogen-bond acceptors (Lipinski definition) is 5. The summed E-state index contributed by atoms with van der Waals surface area (Å²) < 4.78 is 18.6. The molecule has 0 amide bonds. The van der Waals surface area contributed by atoms with Crippen molar-refractivity contribution in [3.8, 4) is 5.75 Å². The molecule has 5 nitrogen and oxygen atoms in total. The van der Waals surface area contributed by atoms with E-state index in [-0.39, 0.29) is 40.5 Å². The molecule has 2 bridgehead atoms. The van der Waals surface area contributed by atoms with Crippen LogP contribution < -0.4 is 4.74 Å². The van der Waals surface area contributed by atoms with E-state index in [1.54, 1.807) is 7.11 Å². The molecule has 7 atom stereocenters. The first-order valence-corrected chi connectivity index (χ1v) is 16.5. The standard InChI is InChI=1S/C30H42O5Si/c1-9-20-11-15-24-23-13-10-19-16-21(33-6)12-14-22(19)25(23)29(17-30(20,24)34-27(29)32)26(31)18(2)35-36(7,8)28(3,4)5/h9,12,14,16,18,20,23-25H,1,10-11,13,15,17H2,2-8H3/t18-,20+,23-,24-,25-,29+,30+/m0/s1. The lowest BCUT2D eigenvalue weighted by Gasteiger charge is -2.52. The molecule has 3 aliphatic carbocycles. The van der Waals surface area contributed by atoms with Crippen LogP contribution in [0, 0.1) is 23.2 Å². The molecule has 1 spiro atoms. The number of fused-ring (bicyclic) bond motifs is 6. The number of methoxy groups -OCH3 is 1. The zero-order valence-electron chi connectivity index (χ0n) is 23.0. The third-order valence-electron chi connectivity index (χ3n) is 10.5. The van der Waals surface area contributed by atoms with Gasteiger partial charge in [-0.25, -0.2) is 0 Å². The van der Waals surface area contributed by atoms with E-state index in [2.05, 4.69) is 52.6 Å². The van der Waals surface area contributed by atoms with E-state index in [4.69, 9.17) is 13.9 Å². The number of ether oxygens (including phenoxy) is 2. The van der Waals surface area contributed by atoms with Crippen molar-refractivity contribution in [1.29, 1.82) is 0 Å². The summed E-state index contributed by atoms with van der Waals surface area (Å²) in [5, 5.41) is -0.0375.